The quantitative estimate of drug-likeness (QED) is 0.675. The molecule has 1 fully saturated rings. The second kappa shape index (κ2) is 3.31. The summed E-state index contributed by atoms with van der Waals surface area (Å²) >= 11 is 0. The second-order valence-corrected chi connectivity index (χ2v) is 3.83. The molecular weight excluding hydrogens is 158 g/mol. The minimum Gasteiger partial charge on any atom is -0.442 e. The van der Waals surface area contributed by atoms with E-state index in [9.17, 15) is 4.79 Å². The van der Waals surface area contributed by atoms with E-state index in [-0.39, 0.29) is 17.8 Å². The summed E-state index contributed by atoms with van der Waals surface area (Å²) in [4.78, 5) is 10.6. The van der Waals surface area contributed by atoms with Crippen LogP contribution in [0, 0.1) is 0 Å². The third-order valence-electron chi connectivity index (χ3n) is 1.45. The molecule has 0 radical (unpaired) electrons. The maximum atomic E-state index is 10.6. The molecule has 0 aromatic heterocycles. The zero-order valence-electron chi connectivity index (χ0n) is 7.72. The molecule has 0 aromatic carbocycles. The Balaban J connectivity index is 2.20. The first-order valence-corrected chi connectivity index (χ1v) is 4.06. The summed E-state index contributed by atoms with van der Waals surface area (Å²) in [6, 6.07) is 0. The molecule has 0 aliphatic carbocycles. The van der Waals surface area contributed by atoms with Gasteiger partial charge in [0, 0.05) is 0 Å². The summed E-state index contributed by atoms with van der Waals surface area (Å²) in [5.74, 6) is 0. The number of hydrogen-bond donors (Lipinski definition) is 1. The van der Waals surface area contributed by atoms with Gasteiger partial charge in [-0.05, 0) is 20.8 Å². The van der Waals surface area contributed by atoms with E-state index in [0.29, 0.717) is 13.2 Å². The number of alkyl carbamates (subject to hydrolysis) is 1. The van der Waals surface area contributed by atoms with Crippen molar-refractivity contribution in [1.82, 2.24) is 5.32 Å². The van der Waals surface area contributed by atoms with Crippen molar-refractivity contribution in [2.24, 2.45) is 0 Å². The average Bonchev–Trinajstić information content (AvgIpc) is 2.30. The standard InChI is InChI=1S/C8H15NO3/c1-8(2,3)11-5-6-4-9-7(10)12-6/h6H,4-5H2,1-3H3,(H,9,10). The molecule has 12 heavy (non-hydrogen) atoms. The largest absolute Gasteiger partial charge is 0.442 e. The molecule has 1 unspecified atom stereocenters. The SMILES string of the molecule is CC(C)(C)OCC1CNC(=O)O1. The number of ether oxygens (including phenoxy) is 2. The van der Waals surface area contributed by atoms with E-state index >= 15 is 0 Å². The normalized spacial score (nSPS) is 23.6. The molecule has 1 rings (SSSR count). The zero-order chi connectivity index (χ0) is 9.19. The number of amides is 1. The van der Waals surface area contributed by atoms with E-state index in [2.05, 4.69) is 5.32 Å². The van der Waals surface area contributed by atoms with Crippen LogP contribution in [0.25, 0.3) is 0 Å². The highest BCUT2D eigenvalue weighted by molar-refractivity contribution is 5.69. The van der Waals surface area contributed by atoms with E-state index in [1.165, 1.54) is 0 Å². The Kier molecular flexibility index (Phi) is 2.57. The van der Waals surface area contributed by atoms with Gasteiger partial charge in [-0.3, -0.25) is 0 Å². The van der Waals surface area contributed by atoms with Crippen LogP contribution < -0.4 is 5.32 Å². The summed E-state index contributed by atoms with van der Waals surface area (Å²) in [7, 11) is 0. The van der Waals surface area contributed by atoms with Gasteiger partial charge >= 0.3 is 6.09 Å². The van der Waals surface area contributed by atoms with Gasteiger partial charge in [0.25, 0.3) is 0 Å². The molecule has 0 spiro atoms. The van der Waals surface area contributed by atoms with Gasteiger partial charge in [0.05, 0.1) is 18.8 Å². The molecule has 0 saturated carbocycles. The van der Waals surface area contributed by atoms with Gasteiger partial charge in [-0.15, -0.1) is 0 Å². The van der Waals surface area contributed by atoms with Gasteiger partial charge < -0.3 is 14.8 Å². The lowest BCUT2D eigenvalue weighted by Gasteiger charge is -2.21. The van der Waals surface area contributed by atoms with Crippen molar-refractivity contribution in [1.29, 1.82) is 0 Å². The van der Waals surface area contributed by atoms with Crippen LogP contribution in [0.3, 0.4) is 0 Å². The van der Waals surface area contributed by atoms with Gasteiger partial charge in [0.15, 0.2) is 0 Å². The minimum atomic E-state index is -0.350. The smallest absolute Gasteiger partial charge is 0.407 e. The zero-order valence-corrected chi connectivity index (χ0v) is 7.72. The molecule has 1 saturated heterocycles. The predicted molar refractivity (Wildman–Crippen MR) is 44.0 cm³/mol. The van der Waals surface area contributed by atoms with E-state index in [0.717, 1.165) is 0 Å². The van der Waals surface area contributed by atoms with Gasteiger partial charge in [0.2, 0.25) is 0 Å². The van der Waals surface area contributed by atoms with E-state index in [1.54, 1.807) is 0 Å². The van der Waals surface area contributed by atoms with Crippen LogP contribution in [-0.2, 0) is 9.47 Å². The lowest BCUT2D eigenvalue weighted by Crippen LogP contribution is -2.28. The number of rotatable bonds is 2. The van der Waals surface area contributed by atoms with Crippen LogP contribution in [-0.4, -0.2) is 30.9 Å². The first-order chi connectivity index (χ1) is 5.47. The Bertz CT molecular complexity index is 174. The first-order valence-electron chi connectivity index (χ1n) is 4.06. The van der Waals surface area contributed by atoms with Crippen LogP contribution >= 0.6 is 0 Å². The van der Waals surface area contributed by atoms with Crippen molar-refractivity contribution in [3.05, 3.63) is 0 Å². The summed E-state index contributed by atoms with van der Waals surface area (Å²) < 4.78 is 10.3. The average molecular weight is 173 g/mol. The number of hydrogen-bond acceptors (Lipinski definition) is 3. The van der Waals surface area contributed by atoms with Gasteiger partial charge in [0.1, 0.15) is 6.10 Å². The lowest BCUT2D eigenvalue weighted by atomic mass is 10.2. The maximum Gasteiger partial charge on any atom is 0.407 e. The monoisotopic (exact) mass is 173 g/mol. The number of nitrogens with one attached hydrogen (secondary N) is 1. The third kappa shape index (κ3) is 3.09. The predicted octanol–water partition coefficient (Wildman–Crippen LogP) is 0.910. The van der Waals surface area contributed by atoms with Crippen molar-refractivity contribution < 1.29 is 14.3 Å². The molecule has 1 atom stereocenters. The molecule has 1 N–H and O–H groups in total. The lowest BCUT2D eigenvalue weighted by molar-refractivity contribution is -0.0408. The van der Waals surface area contributed by atoms with Crippen LogP contribution in [0.1, 0.15) is 20.8 Å². The summed E-state index contributed by atoms with van der Waals surface area (Å²) in [6.07, 6.45) is -0.478. The summed E-state index contributed by atoms with van der Waals surface area (Å²) in [5.41, 5.74) is -0.172. The second-order valence-electron chi connectivity index (χ2n) is 3.83. The Morgan fingerprint density at radius 1 is 1.67 bits per heavy atom. The van der Waals surface area contributed by atoms with E-state index in [4.69, 9.17) is 9.47 Å². The fourth-order valence-electron chi connectivity index (χ4n) is 0.868. The van der Waals surface area contributed by atoms with Crippen molar-refractivity contribution in [2.75, 3.05) is 13.2 Å². The van der Waals surface area contributed by atoms with Gasteiger partial charge in [-0.2, -0.15) is 0 Å². The minimum absolute atomic E-state index is 0.128. The van der Waals surface area contributed by atoms with Gasteiger partial charge in [-0.1, -0.05) is 0 Å². The Morgan fingerprint density at radius 2 is 2.33 bits per heavy atom. The van der Waals surface area contributed by atoms with E-state index in [1.807, 2.05) is 20.8 Å². The molecule has 1 aliphatic heterocycles. The molecular formula is C8H15NO3. The molecule has 0 bridgehead atoms. The van der Waals surface area contributed by atoms with Crippen molar-refractivity contribution in [3.8, 4) is 0 Å². The summed E-state index contributed by atoms with van der Waals surface area (Å²) in [6.45, 7) is 6.92. The maximum absolute atomic E-state index is 10.6. The van der Waals surface area contributed by atoms with Crippen molar-refractivity contribution in [2.45, 2.75) is 32.5 Å². The van der Waals surface area contributed by atoms with Crippen LogP contribution in [0.5, 0.6) is 0 Å². The molecule has 1 heterocycles. The number of carbonyl (C=O) groups excluding carboxylic acids is 1. The van der Waals surface area contributed by atoms with Crippen molar-refractivity contribution in [3.63, 3.8) is 0 Å². The topological polar surface area (TPSA) is 47.6 Å². The molecule has 1 amide bonds. The fraction of sp³-hybridized carbons (Fsp3) is 0.875. The molecule has 70 valence electrons. The molecule has 1 aliphatic rings. The summed E-state index contributed by atoms with van der Waals surface area (Å²) in [5, 5.41) is 2.56. The van der Waals surface area contributed by atoms with Crippen LogP contribution in [0.4, 0.5) is 4.79 Å². The Hall–Kier alpha value is -0.770. The first kappa shape index (κ1) is 9.32. The number of carbonyl (C=O) groups is 1. The molecule has 0 aromatic rings. The molecule has 4 heteroatoms. The highest BCUT2D eigenvalue weighted by Gasteiger charge is 2.24. The van der Waals surface area contributed by atoms with Crippen LogP contribution in [0.15, 0.2) is 0 Å². The van der Waals surface area contributed by atoms with Crippen LogP contribution in [0.2, 0.25) is 0 Å². The van der Waals surface area contributed by atoms with Crippen molar-refractivity contribution >= 4 is 6.09 Å². The third-order valence-corrected chi connectivity index (χ3v) is 1.45. The molecule has 4 nitrogen and oxygen atoms in total. The van der Waals surface area contributed by atoms with Gasteiger partial charge in [-0.25, -0.2) is 4.79 Å². The highest BCUT2D eigenvalue weighted by atomic mass is 16.6. The van der Waals surface area contributed by atoms with E-state index < -0.39 is 0 Å². The highest BCUT2D eigenvalue weighted by Crippen LogP contribution is 2.09. The number of cyclic esters (lactones) is 1. The Labute approximate surface area is 72.2 Å². The Morgan fingerprint density at radius 3 is 2.75 bits per heavy atom. The fourth-order valence-corrected chi connectivity index (χ4v) is 0.868.